The molecular formula is C13H20N2O2S. The molecule has 1 unspecified atom stereocenters. The first-order valence-corrected chi connectivity index (χ1v) is 7.46. The lowest BCUT2D eigenvalue weighted by Gasteiger charge is -2.23. The summed E-state index contributed by atoms with van der Waals surface area (Å²) in [7, 11) is 0. The zero-order chi connectivity index (χ0) is 13.1. The molecular weight excluding hydrogens is 248 g/mol. The van der Waals surface area contributed by atoms with Crippen molar-refractivity contribution in [3.05, 3.63) is 11.9 Å². The molecule has 4 nitrogen and oxygen atoms in total. The van der Waals surface area contributed by atoms with Gasteiger partial charge >= 0.3 is 5.97 Å². The fourth-order valence-corrected chi connectivity index (χ4v) is 3.63. The summed E-state index contributed by atoms with van der Waals surface area (Å²) in [6, 6.07) is 0.422. The van der Waals surface area contributed by atoms with E-state index >= 15 is 0 Å². The molecule has 0 aromatic carbocycles. The third-order valence-corrected chi connectivity index (χ3v) is 4.71. The van der Waals surface area contributed by atoms with Crippen LogP contribution in [0.3, 0.4) is 0 Å². The highest BCUT2D eigenvalue weighted by Gasteiger charge is 2.25. The number of aryl methyl sites for hydroxylation is 1. The molecule has 18 heavy (non-hydrogen) atoms. The van der Waals surface area contributed by atoms with E-state index in [1.165, 1.54) is 37.4 Å². The minimum absolute atomic E-state index is 0.0772. The Labute approximate surface area is 112 Å². The first kappa shape index (κ1) is 13.5. The Morgan fingerprint density at radius 2 is 2.28 bits per heavy atom. The zero-order valence-corrected chi connectivity index (χ0v) is 11.7. The van der Waals surface area contributed by atoms with Crippen molar-refractivity contribution in [2.24, 2.45) is 5.92 Å². The van der Waals surface area contributed by atoms with Gasteiger partial charge in [-0.05, 0) is 32.6 Å². The van der Waals surface area contributed by atoms with E-state index in [1.807, 2.05) is 13.1 Å². The lowest BCUT2D eigenvalue weighted by atomic mass is 9.99. The van der Waals surface area contributed by atoms with Crippen LogP contribution in [0.1, 0.15) is 44.3 Å². The molecule has 1 heterocycles. The van der Waals surface area contributed by atoms with Crippen LogP contribution in [0.15, 0.2) is 11.4 Å². The van der Waals surface area contributed by atoms with Crippen LogP contribution in [0.2, 0.25) is 0 Å². The Morgan fingerprint density at radius 1 is 1.61 bits per heavy atom. The van der Waals surface area contributed by atoms with Gasteiger partial charge in [-0.25, -0.2) is 4.98 Å². The molecule has 1 aromatic heterocycles. The molecule has 1 aliphatic carbocycles. The van der Waals surface area contributed by atoms with Gasteiger partial charge in [0, 0.05) is 17.9 Å². The Bertz CT molecular complexity index is 425. The minimum Gasteiger partial charge on any atom is -0.481 e. The smallest absolute Gasteiger partial charge is 0.313 e. The molecule has 0 spiro atoms. The largest absolute Gasteiger partial charge is 0.481 e. The SMILES string of the molecule is Cc1cnc(SCC(=O)O)n1C(C)C1CCCC1. The molecule has 1 aromatic rings. The number of thioether (sulfide) groups is 1. The fraction of sp³-hybridized carbons (Fsp3) is 0.692. The maximum absolute atomic E-state index is 10.7. The standard InChI is InChI=1S/C13H20N2O2S/c1-9-7-14-13(18-8-12(16)17)15(9)10(2)11-5-3-4-6-11/h7,10-11H,3-6,8H2,1-2H3,(H,16,17). The molecule has 0 amide bonds. The van der Waals surface area contributed by atoms with Gasteiger partial charge < -0.3 is 9.67 Å². The summed E-state index contributed by atoms with van der Waals surface area (Å²) >= 11 is 1.32. The summed E-state index contributed by atoms with van der Waals surface area (Å²) in [4.78, 5) is 15.0. The van der Waals surface area contributed by atoms with Crippen molar-refractivity contribution in [2.45, 2.75) is 50.7 Å². The van der Waals surface area contributed by atoms with Gasteiger partial charge in [0.25, 0.3) is 0 Å². The molecule has 0 aliphatic heterocycles. The maximum atomic E-state index is 10.7. The number of carboxylic acids is 1. The molecule has 0 radical (unpaired) electrons. The Kier molecular flexibility index (Phi) is 4.32. The topological polar surface area (TPSA) is 55.1 Å². The van der Waals surface area contributed by atoms with Crippen LogP contribution in [0, 0.1) is 12.8 Å². The summed E-state index contributed by atoms with van der Waals surface area (Å²) in [6.07, 6.45) is 7.04. The van der Waals surface area contributed by atoms with E-state index < -0.39 is 5.97 Å². The minimum atomic E-state index is -0.791. The normalized spacial score (nSPS) is 18.1. The number of nitrogens with zero attached hydrogens (tertiary/aromatic N) is 2. The number of imidazole rings is 1. The van der Waals surface area contributed by atoms with E-state index in [9.17, 15) is 4.79 Å². The fourth-order valence-electron chi connectivity index (χ4n) is 2.80. The Hall–Kier alpha value is -0.970. The molecule has 1 atom stereocenters. The molecule has 0 saturated heterocycles. The molecule has 2 rings (SSSR count). The van der Waals surface area contributed by atoms with Crippen LogP contribution in [0.25, 0.3) is 0 Å². The predicted octanol–water partition coefficient (Wildman–Crippen LogP) is 3.12. The number of carboxylic acid groups (broad SMARTS) is 1. The second-order valence-corrected chi connectivity index (χ2v) is 5.96. The number of hydrogen-bond donors (Lipinski definition) is 1. The van der Waals surface area contributed by atoms with E-state index in [0.29, 0.717) is 12.0 Å². The summed E-state index contributed by atoms with van der Waals surface area (Å²) in [5.74, 6) is -0.00352. The van der Waals surface area contributed by atoms with Gasteiger partial charge in [-0.1, -0.05) is 24.6 Å². The monoisotopic (exact) mass is 268 g/mol. The molecule has 1 fully saturated rings. The molecule has 1 N–H and O–H groups in total. The Morgan fingerprint density at radius 3 is 2.89 bits per heavy atom. The van der Waals surface area contributed by atoms with Gasteiger partial charge in [0.15, 0.2) is 5.16 Å². The Balaban J connectivity index is 2.14. The van der Waals surface area contributed by atoms with Crippen LogP contribution in [-0.4, -0.2) is 26.4 Å². The molecule has 5 heteroatoms. The second kappa shape index (κ2) is 5.78. The number of rotatable bonds is 5. The number of aliphatic carboxylic acids is 1. The average molecular weight is 268 g/mol. The van der Waals surface area contributed by atoms with Gasteiger partial charge in [0.2, 0.25) is 0 Å². The van der Waals surface area contributed by atoms with E-state index in [1.54, 1.807) is 0 Å². The highest BCUT2D eigenvalue weighted by molar-refractivity contribution is 7.99. The summed E-state index contributed by atoms with van der Waals surface area (Å²) in [5.41, 5.74) is 1.13. The van der Waals surface area contributed by atoms with Gasteiger partial charge in [-0.3, -0.25) is 4.79 Å². The summed E-state index contributed by atoms with van der Waals surface area (Å²) in [5, 5.41) is 9.61. The van der Waals surface area contributed by atoms with Crippen molar-refractivity contribution in [3.63, 3.8) is 0 Å². The number of carbonyl (C=O) groups is 1. The number of hydrogen-bond acceptors (Lipinski definition) is 3. The van der Waals surface area contributed by atoms with Gasteiger partial charge in [0.1, 0.15) is 0 Å². The van der Waals surface area contributed by atoms with Gasteiger partial charge in [-0.2, -0.15) is 0 Å². The van der Waals surface area contributed by atoms with Crippen molar-refractivity contribution in [1.82, 2.24) is 9.55 Å². The van der Waals surface area contributed by atoms with Crippen LogP contribution in [0.4, 0.5) is 0 Å². The van der Waals surface area contributed by atoms with Crippen LogP contribution < -0.4 is 0 Å². The van der Waals surface area contributed by atoms with E-state index in [0.717, 1.165) is 10.9 Å². The zero-order valence-electron chi connectivity index (χ0n) is 10.9. The first-order chi connectivity index (χ1) is 8.59. The first-order valence-electron chi connectivity index (χ1n) is 6.48. The molecule has 100 valence electrons. The van der Waals surface area contributed by atoms with Gasteiger partial charge in [0.05, 0.1) is 5.75 Å². The molecule has 0 bridgehead atoms. The van der Waals surface area contributed by atoms with Crippen molar-refractivity contribution >= 4 is 17.7 Å². The van der Waals surface area contributed by atoms with Crippen molar-refractivity contribution in [2.75, 3.05) is 5.75 Å². The number of aromatic nitrogens is 2. The van der Waals surface area contributed by atoms with E-state index in [2.05, 4.69) is 16.5 Å². The second-order valence-electron chi connectivity index (χ2n) is 5.02. The highest BCUT2D eigenvalue weighted by atomic mass is 32.2. The third kappa shape index (κ3) is 2.88. The van der Waals surface area contributed by atoms with Crippen molar-refractivity contribution in [1.29, 1.82) is 0 Å². The van der Waals surface area contributed by atoms with Crippen LogP contribution in [0.5, 0.6) is 0 Å². The van der Waals surface area contributed by atoms with E-state index in [-0.39, 0.29) is 5.75 Å². The van der Waals surface area contributed by atoms with Crippen molar-refractivity contribution in [3.8, 4) is 0 Å². The van der Waals surface area contributed by atoms with E-state index in [4.69, 9.17) is 5.11 Å². The maximum Gasteiger partial charge on any atom is 0.313 e. The van der Waals surface area contributed by atoms with Gasteiger partial charge in [-0.15, -0.1) is 0 Å². The lowest BCUT2D eigenvalue weighted by molar-refractivity contribution is -0.133. The summed E-state index contributed by atoms with van der Waals surface area (Å²) in [6.45, 7) is 4.28. The summed E-state index contributed by atoms with van der Waals surface area (Å²) < 4.78 is 2.21. The van der Waals surface area contributed by atoms with Crippen molar-refractivity contribution < 1.29 is 9.90 Å². The quantitative estimate of drug-likeness (QED) is 0.834. The predicted molar refractivity (Wildman–Crippen MR) is 72.0 cm³/mol. The lowest BCUT2D eigenvalue weighted by Crippen LogP contribution is -2.16. The average Bonchev–Trinajstić information content (AvgIpc) is 2.94. The third-order valence-electron chi connectivity index (χ3n) is 3.76. The molecule has 1 aliphatic rings. The van der Waals surface area contributed by atoms with Crippen LogP contribution in [-0.2, 0) is 4.79 Å². The van der Waals surface area contributed by atoms with Crippen LogP contribution >= 0.6 is 11.8 Å². The molecule has 1 saturated carbocycles. The highest BCUT2D eigenvalue weighted by Crippen LogP contribution is 2.36.